The van der Waals surface area contributed by atoms with Crippen molar-refractivity contribution < 1.29 is 9.47 Å². The summed E-state index contributed by atoms with van der Waals surface area (Å²) >= 11 is 3.29. The number of benzene rings is 2. The summed E-state index contributed by atoms with van der Waals surface area (Å²) < 4.78 is 12.9. The van der Waals surface area contributed by atoms with Crippen LogP contribution in [0, 0.1) is 0 Å². The van der Waals surface area contributed by atoms with E-state index in [1.54, 1.807) is 37.3 Å². The van der Waals surface area contributed by atoms with E-state index in [4.69, 9.17) is 14.5 Å². The zero-order chi connectivity index (χ0) is 21.6. The van der Waals surface area contributed by atoms with E-state index in [9.17, 15) is 0 Å². The predicted molar refractivity (Wildman–Crippen MR) is 125 cm³/mol. The van der Waals surface area contributed by atoms with Crippen molar-refractivity contribution in [2.75, 3.05) is 14.2 Å². The van der Waals surface area contributed by atoms with Crippen LogP contribution in [0.1, 0.15) is 24.0 Å². The van der Waals surface area contributed by atoms with Crippen molar-refractivity contribution in [1.82, 2.24) is 19.7 Å². The molecule has 8 heteroatoms. The zero-order valence-electron chi connectivity index (χ0n) is 17.7. The number of nitrogens with zero attached hydrogens (tertiary/aromatic N) is 4. The molecule has 0 aliphatic carbocycles. The number of thioether (sulfide) groups is 1. The van der Waals surface area contributed by atoms with Crippen molar-refractivity contribution in [2.45, 2.75) is 30.8 Å². The van der Waals surface area contributed by atoms with Gasteiger partial charge in [0.2, 0.25) is 0 Å². The van der Waals surface area contributed by atoms with E-state index in [0.717, 1.165) is 46.0 Å². The number of thiazole rings is 1. The predicted octanol–water partition coefficient (Wildman–Crippen LogP) is 5.32. The Kier molecular flexibility index (Phi) is 6.89. The molecule has 0 fully saturated rings. The second kappa shape index (κ2) is 9.98. The molecular weight excluding hydrogens is 428 g/mol. The summed E-state index contributed by atoms with van der Waals surface area (Å²) in [6.07, 6.45) is 0.780. The average Bonchev–Trinajstić information content (AvgIpc) is 3.44. The van der Waals surface area contributed by atoms with Crippen molar-refractivity contribution >= 4 is 23.1 Å². The van der Waals surface area contributed by atoms with Crippen LogP contribution in [-0.4, -0.2) is 34.0 Å². The smallest absolute Gasteiger partial charge is 0.191 e. The van der Waals surface area contributed by atoms with Gasteiger partial charge in [-0.3, -0.25) is 0 Å². The van der Waals surface area contributed by atoms with Crippen LogP contribution in [0.25, 0.3) is 10.6 Å². The third kappa shape index (κ3) is 4.91. The van der Waals surface area contributed by atoms with Crippen LogP contribution in [-0.2, 0) is 18.7 Å². The number of methoxy groups -OCH3 is 2. The number of hydrogen-bond donors (Lipinski definition) is 0. The maximum Gasteiger partial charge on any atom is 0.191 e. The minimum Gasteiger partial charge on any atom is -0.493 e. The summed E-state index contributed by atoms with van der Waals surface area (Å²) in [4.78, 5) is 4.80. The molecule has 0 amide bonds. The van der Waals surface area contributed by atoms with Gasteiger partial charge in [-0.1, -0.05) is 42.1 Å². The van der Waals surface area contributed by atoms with Gasteiger partial charge in [0.1, 0.15) is 10.8 Å². The van der Waals surface area contributed by atoms with E-state index in [1.807, 2.05) is 24.3 Å². The molecule has 0 N–H and O–H groups in total. The number of hydrogen-bond acceptors (Lipinski definition) is 7. The first-order valence-electron chi connectivity index (χ1n) is 9.97. The lowest BCUT2D eigenvalue weighted by molar-refractivity contribution is 0.355. The fourth-order valence-corrected chi connectivity index (χ4v) is 5.10. The van der Waals surface area contributed by atoms with Crippen molar-refractivity contribution in [2.24, 2.45) is 0 Å². The van der Waals surface area contributed by atoms with Gasteiger partial charge < -0.3 is 14.0 Å². The van der Waals surface area contributed by atoms with Gasteiger partial charge in [0.15, 0.2) is 16.7 Å². The van der Waals surface area contributed by atoms with Gasteiger partial charge in [-0.2, -0.15) is 0 Å². The third-order valence-corrected chi connectivity index (χ3v) is 6.79. The van der Waals surface area contributed by atoms with E-state index in [1.165, 1.54) is 5.56 Å². The molecule has 2 aromatic heterocycles. The summed E-state index contributed by atoms with van der Waals surface area (Å²) in [5.74, 6) is 3.14. The second-order valence-corrected chi connectivity index (χ2v) is 8.61. The first-order chi connectivity index (χ1) is 15.2. The van der Waals surface area contributed by atoms with Crippen LogP contribution < -0.4 is 9.47 Å². The Balaban J connectivity index is 1.45. The number of ether oxygens (including phenoxy) is 2. The molecule has 0 unspecified atom stereocenters. The van der Waals surface area contributed by atoms with E-state index in [0.29, 0.717) is 11.5 Å². The normalized spacial score (nSPS) is 10.9. The molecule has 0 aliphatic heterocycles. The second-order valence-electron chi connectivity index (χ2n) is 6.81. The lowest BCUT2D eigenvalue weighted by Gasteiger charge is -2.08. The van der Waals surface area contributed by atoms with Crippen LogP contribution in [0.5, 0.6) is 11.5 Å². The molecule has 0 bridgehead atoms. The average molecular weight is 453 g/mol. The molecule has 0 spiro atoms. The van der Waals surface area contributed by atoms with Gasteiger partial charge >= 0.3 is 0 Å². The van der Waals surface area contributed by atoms with Crippen LogP contribution >= 0.6 is 23.1 Å². The largest absolute Gasteiger partial charge is 0.493 e. The summed E-state index contributed by atoms with van der Waals surface area (Å²) in [6, 6.07) is 16.2. The minimum absolute atomic E-state index is 0.702. The zero-order valence-corrected chi connectivity index (χ0v) is 19.4. The molecule has 4 rings (SSSR count). The molecule has 0 aliphatic rings. The van der Waals surface area contributed by atoms with Crippen LogP contribution in [0.15, 0.2) is 59.1 Å². The topological polar surface area (TPSA) is 62.1 Å². The fraction of sp³-hybridized carbons (Fsp3) is 0.261. The first kappa shape index (κ1) is 21.4. The summed E-state index contributed by atoms with van der Waals surface area (Å²) in [7, 11) is 3.28. The van der Waals surface area contributed by atoms with Gasteiger partial charge in [-0.15, -0.1) is 21.5 Å². The van der Waals surface area contributed by atoms with Crippen molar-refractivity contribution in [3.63, 3.8) is 0 Å². The molecule has 31 heavy (non-hydrogen) atoms. The summed E-state index contributed by atoms with van der Waals surface area (Å²) in [5, 5.41) is 12.8. The Morgan fingerprint density at radius 3 is 2.55 bits per heavy atom. The molecule has 0 saturated carbocycles. The Morgan fingerprint density at radius 1 is 1.00 bits per heavy atom. The summed E-state index contributed by atoms with van der Waals surface area (Å²) in [6.45, 7) is 2.96. The Morgan fingerprint density at radius 2 is 1.81 bits per heavy atom. The molecule has 6 nitrogen and oxygen atoms in total. The van der Waals surface area contributed by atoms with Crippen molar-refractivity contribution in [3.8, 4) is 22.1 Å². The van der Waals surface area contributed by atoms with Crippen molar-refractivity contribution in [1.29, 1.82) is 0 Å². The maximum absolute atomic E-state index is 5.41. The van der Waals surface area contributed by atoms with E-state index in [-0.39, 0.29) is 0 Å². The highest BCUT2D eigenvalue weighted by atomic mass is 32.2. The molecule has 4 aromatic rings. The minimum atomic E-state index is 0.702. The Hall–Kier alpha value is -2.84. The van der Waals surface area contributed by atoms with Gasteiger partial charge in [0.25, 0.3) is 0 Å². The SMILES string of the molecule is CCn1c(Cc2ccccc2)nnc1SCc1csc(-c2ccc(OC)c(OC)c2)n1. The highest BCUT2D eigenvalue weighted by molar-refractivity contribution is 7.98. The Bertz CT molecular complexity index is 1140. The Labute approximate surface area is 190 Å². The van der Waals surface area contributed by atoms with Gasteiger partial charge in [-0.25, -0.2) is 4.98 Å². The van der Waals surface area contributed by atoms with Gasteiger partial charge in [0.05, 0.1) is 19.9 Å². The van der Waals surface area contributed by atoms with Crippen molar-refractivity contribution in [3.05, 3.63) is 71.0 Å². The highest BCUT2D eigenvalue weighted by Gasteiger charge is 2.14. The molecule has 2 aromatic carbocycles. The molecule has 2 heterocycles. The highest BCUT2D eigenvalue weighted by Crippen LogP contribution is 2.34. The quantitative estimate of drug-likeness (QED) is 0.320. The first-order valence-corrected chi connectivity index (χ1v) is 11.8. The standard InChI is InChI=1S/C23H24N4O2S2/c1-4-27-21(12-16-8-6-5-7-9-16)25-26-23(27)31-15-18-14-30-22(24-18)17-10-11-19(28-2)20(13-17)29-3/h5-11,13-14H,4,12,15H2,1-3H3. The maximum atomic E-state index is 5.41. The third-order valence-electron chi connectivity index (χ3n) is 4.85. The van der Waals surface area contributed by atoms with E-state index < -0.39 is 0 Å². The fourth-order valence-electron chi connectivity index (χ4n) is 3.27. The monoisotopic (exact) mass is 452 g/mol. The molecule has 0 atom stereocenters. The van der Waals surface area contributed by atoms with Gasteiger partial charge in [-0.05, 0) is 30.7 Å². The van der Waals surface area contributed by atoms with Crippen LogP contribution in [0.2, 0.25) is 0 Å². The van der Waals surface area contributed by atoms with Gasteiger partial charge in [0, 0.05) is 29.7 Å². The number of aromatic nitrogens is 4. The number of rotatable bonds is 9. The molecule has 0 radical (unpaired) electrons. The molecular formula is C23H24N4O2S2. The lowest BCUT2D eigenvalue weighted by Crippen LogP contribution is -2.04. The van der Waals surface area contributed by atoms with E-state index >= 15 is 0 Å². The van der Waals surface area contributed by atoms with Crippen LogP contribution in [0.4, 0.5) is 0 Å². The van der Waals surface area contributed by atoms with E-state index in [2.05, 4.69) is 51.3 Å². The van der Waals surface area contributed by atoms with Crippen LogP contribution in [0.3, 0.4) is 0 Å². The lowest BCUT2D eigenvalue weighted by atomic mass is 10.1. The summed E-state index contributed by atoms with van der Waals surface area (Å²) in [5.41, 5.74) is 3.27. The molecule has 160 valence electrons. The molecule has 0 saturated heterocycles.